The summed E-state index contributed by atoms with van der Waals surface area (Å²) in [5.41, 5.74) is 2.54. The summed E-state index contributed by atoms with van der Waals surface area (Å²) < 4.78 is 43.7. The minimum atomic E-state index is -4.41. The van der Waals surface area contributed by atoms with Crippen LogP contribution in [0, 0.1) is 6.92 Å². The summed E-state index contributed by atoms with van der Waals surface area (Å²) in [6, 6.07) is 4.46. The van der Waals surface area contributed by atoms with Crippen LogP contribution in [-0.2, 0) is 19.0 Å². The lowest BCUT2D eigenvalue weighted by Gasteiger charge is -2.19. The largest absolute Gasteiger partial charge is 0.416 e. The van der Waals surface area contributed by atoms with Gasteiger partial charge in [0, 0.05) is 11.3 Å². The van der Waals surface area contributed by atoms with Crippen molar-refractivity contribution in [3.05, 3.63) is 57.0 Å². The SMILES string of the molecule is Cc1[nH]c(=O)c(-c2nnc(-c3ccc(C(F)(F)F)cc3)o2)c2c1CCCC2. The summed E-state index contributed by atoms with van der Waals surface area (Å²) in [6.45, 7) is 1.87. The number of rotatable bonds is 2. The Bertz CT molecular complexity index is 1050. The van der Waals surface area contributed by atoms with Gasteiger partial charge in [-0.15, -0.1) is 10.2 Å². The van der Waals surface area contributed by atoms with Gasteiger partial charge in [-0.2, -0.15) is 13.2 Å². The highest BCUT2D eigenvalue weighted by Crippen LogP contribution is 2.33. The maximum atomic E-state index is 12.7. The molecule has 1 aliphatic rings. The van der Waals surface area contributed by atoms with Gasteiger partial charge in [0.25, 0.3) is 11.4 Å². The van der Waals surface area contributed by atoms with Crippen LogP contribution in [0.3, 0.4) is 0 Å². The minimum Gasteiger partial charge on any atom is -0.416 e. The average molecular weight is 375 g/mol. The van der Waals surface area contributed by atoms with Crippen LogP contribution in [-0.4, -0.2) is 15.2 Å². The molecule has 2 heterocycles. The van der Waals surface area contributed by atoms with Gasteiger partial charge >= 0.3 is 6.18 Å². The molecule has 4 rings (SSSR count). The molecule has 2 aromatic heterocycles. The van der Waals surface area contributed by atoms with Crippen LogP contribution in [0.25, 0.3) is 22.9 Å². The second-order valence-electron chi connectivity index (χ2n) is 6.61. The smallest absolute Gasteiger partial charge is 0.416 e. The van der Waals surface area contributed by atoms with Crippen LogP contribution in [0.2, 0.25) is 0 Å². The molecule has 0 fully saturated rings. The first kappa shape index (κ1) is 17.5. The monoisotopic (exact) mass is 375 g/mol. The summed E-state index contributed by atoms with van der Waals surface area (Å²) in [5.74, 6) is 0.160. The van der Waals surface area contributed by atoms with E-state index in [4.69, 9.17) is 4.42 Å². The molecular weight excluding hydrogens is 359 g/mol. The number of fused-ring (bicyclic) bond motifs is 1. The molecule has 0 radical (unpaired) electrons. The van der Waals surface area contributed by atoms with E-state index in [0.29, 0.717) is 11.1 Å². The Balaban J connectivity index is 1.75. The standard InChI is InChI=1S/C19H16F3N3O2/c1-10-13-4-2-3-5-14(13)15(16(26)23-10)18-25-24-17(27-18)11-6-8-12(9-7-11)19(20,21)22/h6-9H,2-5H2,1H3,(H,23,26). The lowest BCUT2D eigenvalue weighted by Crippen LogP contribution is -2.19. The summed E-state index contributed by atoms with van der Waals surface area (Å²) in [4.78, 5) is 15.3. The number of alkyl halides is 3. The van der Waals surface area contributed by atoms with Crippen molar-refractivity contribution < 1.29 is 17.6 Å². The van der Waals surface area contributed by atoms with Crippen LogP contribution >= 0.6 is 0 Å². The first-order valence-electron chi connectivity index (χ1n) is 8.61. The number of H-pyrrole nitrogens is 1. The van der Waals surface area contributed by atoms with Gasteiger partial charge in [0.1, 0.15) is 5.56 Å². The lowest BCUT2D eigenvalue weighted by molar-refractivity contribution is -0.137. The molecule has 0 unspecified atom stereocenters. The van der Waals surface area contributed by atoms with E-state index < -0.39 is 11.7 Å². The number of aromatic amines is 1. The molecule has 0 bridgehead atoms. The maximum absolute atomic E-state index is 12.7. The first-order valence-corrected chi connectivity index (χ1v) is 8.61. The summed E-state index contributed by atoms with van der Waals surface area (Å²) >= 11 is 0. The fourth-order valence-electron chi connectivity index (χ4n) is 3.51. The molecule has 5 nitrogen and oxygen atoms in total. The van der Waals surface area contributed by atoms with Crippen molar-refractivity contribution in [3.8, 4) is 22.9 Å². The van der Waals surface area contributed by atoms with Gasteiger partial charge < -0.3 is 9.40 Å². The van der Waals surface area contributed by atoms with E-state index in [2.05, 4.69) is 15.2 Å². The molecule has 0 atom stereocenters. The minimum absolute atomic E-state index is 0.0725. The number of pyridine rings is 1. The fraction of sp³-hybridized carbons (Fsp3) is 0.316. The maximum Gasteiger partial charge on any atom is 0.416 e. The van der Waals surface area contributed by atoms with Gasteiger partial charge in [-0.3, -0.25) is 4.79 Å². The zero-order valence-corrected chi connectivity index (χ0v) is 14.5. The van der Waals surface area contributed by atoms with Gasteiger partial charge in [-0.05, 0) is 68.0 Å². The third-order valence-corrected chi connectivity index (χ3v) is 4.85. The molecule has 0 spiro atoms. The average Bonchev–Trinajstić information content (AvgIpc) is 3.11. The number of benzene rings is 1. The van der Waals surface area contributed by atoms with Crippen LogP contribution < -0.4 is 5.56 Å². The zero-order chi connectivity index (χ0) is 19.2. The summed E-state index contributed by atoms with van der Waals surface area (Å²) in [7, 11) is 0. The van der Waals surface area contributed by atoms with Crippen LogP contribution in [0.5, 0.6) is 0 Å². The molecule has 1 aromatic carbocycles. The second kappa shape index (κ2) is 6.37. The van der Waals surface area contributed by atoms with E-state index in [9.17, 15) is 18.0 Å². The Morgan fingerprint density at radius 3 is 2.30 bits per heavy atom. The molecule has 3 aromatic rings. The van der Waals surface area contributed by atoms with Crippen LogP contribution in [0.4, 0.5) is 13.2 Å². The summed E-state index contributed by atoms with van der Waals surface area (Å²) in [6.07, 6.45) is -0.742. The molecule has 0 amide bonds. The van der Waals surface area contributed by atoms with Gasteiger partial charge in [-0.1, -0.05) is 0 Å². The Hall–Kier alpha value is -2.90. The Labute approximate surface area is 152 Å². The van der Waals surface area contributed by atoms with E-state index in [-0.39, 0.29) is 17.3 Å². The second-order valence-corrected chi connectivity index (χ2v) is 6.61. The number of nitrogens with zero attached hydrogens (tertiary/aromatic N) is 2. The number of nitrogens with one attached hydrogen (secondary N) is 1. The van der Waals surface area contributed by atoms with Gasteiger partial charge in [0.2, 0.25) is 5.89 Å². The molecule has 0 saturated heterocycles. The number of hydrogen-bond donors (Lipinski definition) is 1. The quantitative estimate of drug-likeness (QED) is 0.725. The highest BCUT2D eigenvalue weighted by Gasteiger charge is 2.30. The molecule has 8 heteroatoms. The van der Waals surface area contributed by atoms with Crippen LogP contribution in [0.1, 0.15) is 35.2 Å². The van der Waals surface area contributed by atoms with Crippen molar-refractivity contribution in [2.75, 3.05) is 0 Å². The number of hydrogen-bond acceptors (Lipinski definition) is 4. The van der Waals surface area contributed by atoms with E-state index >= 15 is 0 Å². The zero-order valence-electron chi connectivity index (χ0n) is 14.5. The van der Waals surface area contributed by atoms with Gasteiger partial charge in [-0.25, -0.2) is 0 Å². The first-order chi connectivity index (χ1) is 12.8. The third-order valence-electron chi connectivity index (χ3n) is 4.85. The van der Waals surface area contributed by atoms with Crippen molar-refractivity contribution >= 4 is 0 Å². The van der Waals surface area contributed by atoms with Crippen LogP contribution in [0.15, 0.2) is 33.5 Å². The number of halogens is 3. The highest BCUT2D eigenvalue weighted by atomic mass is 19.4. The van der Waals surface area contributed by atoms with E-state index in [1.54, 1.807) is 0 Å². The predicted octanol–water partition coefficient (Wildman–Crippen LogP) is 4.30. The number of aromatic nitrogens is 3. The van der Waals surface area contributed by atoms with Gasteiger partial charge in [0.05, 0.1) is 5.56 Å². The molecule has 1 N–H and O–H groups in total. The third kappa shape index (κ3) is 3.15. The van der Waals surface area contributed by atoms with Gasteiger partial charge in [0.15, 0.2) is 0 Å². The van der Waals surface area contributed by atoms with Crippen molar-refractivity contribution in [2.24, 2.45) is 0 Å². The highest BCUT2D eigenvalue weighted by molar-refractivity contribution is 5.63. The molecule has 1 aliphatic carbocycles. The van der Waals surface area contributed by atoms with E-state index in [1.807, 2.05) is 6.92 Å². The van der Waals surface area contributed by atoms with E-state index in [1.165, 1.54) is 12.1 Å². The lowest BCUT2D eigenvalue weighted by atomic mass is 9.88. The molecule has 140 valence electrons. The Morgan fingerprint density at radius 1 is 1.00 bits per heavy atom. The normalized spacial score (nSPS) is 14.2. The molecule has 27 heavy (non-hydrogen) atoms. The summed E-state index contributed by atoms with van der Waals surface area (Å²) in [5, 5.41) is 7.89. The van der Waals surface area contributed by atoms with Crippen molar-refractivity contribution in [3.63, 3.8) is 0 Å². The molecular formula is C19H16F3N3O2. The topological polar surface area (TPSA) is 71.8 Å². The predicted molar refractivity (Wildman–Crippen MR) is 92.2 cm³/mol. The molecule has 0 aliphatic heterocycles. The Morgan fingerprint density at radius 2 is 1.63 bits per heavy atom. The van der Waals surface area contributed by atoms with E-state index in [0.717, 1.165) is 54.6 Å². The van der Waals surface area contributed by atoms with Crippen molar-refractivity contribution in [1.29, 1.82) is 0 Å². The Kier molecular flexibility index (Phi) is 4.13. The molecule has 0 saturated carbocycles. The number of aryl methyl sites for hydroxylation is 1. The van der Waals surface area contributed by atoms with Crippen molar-refractivity contribution in [2.45, 2.75) is 38.8 Å². The fourth-order valence-corrected chi connectivity index (χ4v) is 3.51. The van der Waals surface area contributed by atoms with Crippen molar-refractivity contribution in [1.82, 2.24) is 15.2 Å².